The standard InChI is InChI=1S/C14H26O4Se2/c1-13(2,3)17-11(15)7-9-19-20-10-8-12(16)18-14(4,5)6/h7-10H2,1-6H3. The Morgan fingerprint density at radius 3 is 1.30 bits per heavy atom. The Labute approximate surface area is 133 Å². The summed E-state index contributed by atoms with van der Waals surface area (Å²) in [6.45, 7) is 11.3. The van der Waals surface area contributed by atoms with Gasteiger partial charge >= 0.3 is 133 Å². The summed E-state index contributed by atoms with van der Waals surface area (Å²) >= 11 is 0.901. The van der Waals surface area contributed by atoms with Crippen molar-refractivity contribution >= 4 is 38.2 Å². The molecule has 0 spiro atoms. The zero-order chi connectivity index (χ0) is 15.8. The molecule has 0 aromatic heterocycles. The van der Waals surface area contributed by atoms with Gasteiger partial charge in [0.25, 0.3) is 0 Å². The first-order chi connectivity index (χ1) is 8.99. The van der Waals surface area contributed by atoms with Crippen molar-refractivity contribution in [1.29, 1.82) is 0 Å². The Hall–Kier alpha value is -0.0210. The van der Waals surface area contributed by atoms with E-state index in [0.29, 0.717) is 39.1 Å². The molecule has 0 heterocycles. The van der Waals surface area contributed by atoms with Gasteiger partial charge in [-0.15, -0.1) is 0 Å². The van der Waals surface area contributed by atoms with Gasteiger partial charge in [0.15, 0.2) is 0 Å². The number of esters is 2. The first-order valence-corrected chi connectivity index (χ1v) is 13.4. The molecule has 6 heteroatoms. The van der Waals surface area contributed by atoms with Crippen molar-refractivity contribution in [2.45, 2.75) is 76.2 Å². The molecule has 0 saturated carbocycles. The van der Waals surface area contributed by atoms with E-state index in [1.165, 1.54) is 0 Å². The van der Waals surface area contributed by atoms with Crippen LogP contribution in [0.2, 0.25) is 10.6 Å². The van der Waals surface area contributed by atoms with Gasteiger partial charge in [-0.2, -0.15) is 0 Å². The van der Waals surface area contributed by atoms with Crippen LogP contribution in [0.3, 0.4) is 0 Å². The summed E-state index contributed by atoms with van der Waals surface area (Å²) in [7, 11) is 0. The van der Waals surface area contributed by atoms with Gasteiger partial charge in [0.2, 0.25) is 0 Å². The second-order valence-corrected chi connectivity index (χ2v) is 14.2. The summed E-state index contributed by atoms with van der Waals surface area (Å²) in [4.78, 5) is 23.0. The molecule has 0 saturated heterocycles. The van der Waals surface area contributed by atoms with E-state index in [-0.39, 0.29) is 11.9 Å². The number of rotatable bonds is 7. The van der Waals surface area contributed by atoms with Gasteiger partial charge in [0.1, 0.15) is 0 Å². The molecule has 118 valence electrons. The number of hydrogen-bond acceptors (Lipinski definition) is 4. The molecule has 4 nitrogen and oxygen atoms in total. The van der Waals surface area contributed by atoms with E-state index < -0.39 is 11.2 Å². The predicted octanol–water partition coefficient (Wildman–Crippen LogP) is 2.61. The fourth-order valence-electron chi connectivity index (χ4n) is 1.15. The van der Waals surface area contributed by atoms with E-state index in [2.05, 4.69) is 0 Å². The molecule has 0 bridgehead atoms. The van der Waals surface area contributed by atoms with Crippen LogP contribution < -0.4 is 0 Å². The molecule has 20 heavy (non-hydrogen) atoms. The molecule has 0 aliphatic heterocycles. The first-order valence-electron chi connectivity index (χ1n) is 6.68. The fourth-order valence-corrected chi connectivity index (χ4v) is 7.08. The topological polar surface area (TPSA) is 52.6 Å². The first kappa shape index (κ1) is 20.0. The average Bonchev–Trinajstić information content (AvgIpc) is 2.17. The summed E-state index contributed by atoms with van der Waals surface area (Å²) in [5.74, 6) is -0.246. The quantitative estimate of drug-likeness (QED) is 0.364. The molecule has 0 fully saturated rings. The van der Waals surface area contributed by atoms with Gasteiger partial charge in [-0.05, 0) is 0 Å². The molecule has 0 atom stereocenters. The van der Waals surface area contributed by atoms with Gasteiger partial charge in [-0.1, -0.05) is 0 Å². The summed E-state index contributed by atoms with van der Waals surface area (Å²) in [5.41, 5.74) is -0.794. The Morgan fingerprint density at radius 1 is 0.750 bits per heavy atom. The van der Waals surface area contributed by atoms with Crippen molar-refractivity contribution < 1.29 is 19.1 Å². The minimum absolute atomic E-state index is 0.123. The zero-order valence-corrected chi connectivity index (χ0v) is 16.7. The van der Waals surface area contributed by atoms with Gasteiger partial charge < -0.3 is 0 Å². The molecular weight excluding hydrogens is 390 g/mol. The molecule has 0 unspecified atom stereocenters. The van der Waals surface area contributed by atoms with Crippen LogP contribution in [-0.4, -0.2) is 49.4 Å². The fraction of sp³-hybridized carbons (Fsp3) is 0.857. The predicted molar refractivity (Wildman–Crippen MR) is 82.0 cm³/mol. The number of carbonyl (C=O) groups is 2. The molecule has 0 aromatic carbocycles. The van der Waals surface area contributed by atoms with Crippen LogP contribution in [0.25, 0.3) is 0 Å². The molecule has 0 aliphatic rings. The van der Waals surface area contributed by atoms with Crippen molar-refractivity contribution in [3.05, 3.63) is 0 Å². The maximum absolute atomic E-state index is 11.5. The molecule has 0 aromatic rings. The van der Waals surface area contributed by atoms with Crippen LogP contribution in [-0.2, 0) is 19.1 Å². The number of ether oxygens (including phenoxy) is 2. The van der Waals surface area contributed by atoms with Crippen LogP contribution in [0.1, 0.15) is 54.4 Å². The van der Waals surface area contributed by atoms with Crippen LogP contribution in [0.15, 0.2) is 0 Å². The zero-order valence-electron chi connectivity index (χ0n) is 13.3. The van der Waals surface area contributed by atoms with Crippen molar-refractivity contribution in [2.24, 2.45) is 0 Å². The molecule has 0 radical (unpaired) electrons. The van der Waals surface area contributed by atoms with Gasteiger partial charge in [0, 0.05) is 0 Å². The molecule has 0 amide bonds. The third-order valence-electron chi connectivity index (χ3n) is 1.70. The number of carbonyl (C=O) groups excluding carboxylic acids is 2. The second kappa shape index (κ2) is 9.09. The monoisotopic (exact) mass is 418 g/mol. The van der Waals surface area contributed by atoms with Crippen molar-refractivity contribution in [3.8, 4) is 0 Å². The van der Waals surface area contributed by atoms with Crippen LogP contribution in [0.5, 0.6) is 0 Å². The molecule has 0 aliphatic carbocycles. The average molecular weight is 416 g/mol. The Morgan fingerprint density at radius 2 is 1.05 bits per heavy atom. The van der Waals surface area contributed by atoms with E-state index in [4.69, 9.17) is 9.47 Å². The summed E-state index contributed by atoms with van der Waals surface area (Å²) in [6, 6.07) is 0. The SMILES string of the molecule is CC(C)(C)OC(=O)CC[Se][Se]CCC(=O)OC(C)(C)C. The third-order valence-corrected chi connectivity index (χ3v) is 9.06. The Balaban J connectivity index is 3.54. The van der Waals surface area contributed by atoms with E-state index in [9.17, 15) is 9.59 Å². The van der Waals surface area contributed by atoms with Gasteiger partial charge in [0.05, 0.1) is 0 Å². The van der Waals surface area contributed by atoms with Crippen LogP contribution >= 0.6 is 0 Å². The second-order valence-electron chi connectivity index (χ2n) is 6.32. The van der Waals surface area contributed by atoms with E-state index >= 15 is 0 Å². The van der Waals surface area contributed by atoms with Crippen molar-refractivity contribution in [3.63, 3.8) is 0 Å². The van der Waals surface area contributed by atoms with Gasteiger partial charge in [-0.3, -0.25) is 0 Å². The normalized spacial score (nSPS) is 12.1. The maximum atomic E-state index is 11.5. The van der Waals surface area contributed by atoms with Crippen molar-refractivity contribution in [2.75, 3.05) is 0 Å². The Bertz CT molecular complexity index is 284. The Kier molecular flexibility index (Phi) is 9.08. The summed E-state index contributed by atoms with van der Waals surface area (Å²) in [6.07, 6.45) is 0.983. The molecule has 0 N–H and O–H groups in total. The van der Waals surface area contributed by atoms with E-state index in [0.717, 1.165) is 10.6 Å². The van der Waals surface area contributed by atoms with Crippen LogP contribution in [0.4, 0.5) is 0 Å². The minimum atomic E-state index is -0.397. The van der Waals surface area contributed by atoms with E-state index in [1.54, 1.807) is 0 Å². The van der Waals surface area contributed by atoms with Crippen LogP contribution in [0, 0.1) is 0 Å². The van der Waals surface area contributed by atoms with Crippen molar-refractivity contribution in [1.82, 2.24) is 0 Å². The third kappa shape index (κ3) is 14.4. The summed E-state index contributed by atoms with van der Waals surface area (Å²) in [5, 5.41) is 1.80. The summed E-state index contributed by atoms with van der Waals surface area (Å²) < 4.78 is 10.5. The van der Waals surface area contributed by atoms with E-state index in [1.807, 2.05) is 41.5 Å². The molecular formula is C14H26O4Se2. The molecule has 0 rings (SSSR count). The van der Waals surface area contributed by atoms with Gasteiger partial charge in [-0.25, -0.2) is 0 Å². The number of hydrogen-bond donors (Lipinski definition) is 0.